The molecule has 0 aliphatic carbocycles. The molecule has 0 saturated heterocycles. The summed E-state index contributed by atoms with van der Waals surface area (Å²) in [6, 6.07) is 18.8. The van der Waals surface area contributed by atoms with Crippen LogP contribution >= 0.6 is 0 Å². The highest BCUT2D eigenvalue weighted by atomic mass is 16.5. The van der Waals surface area contributed by atoms with E-state index in [0.717, 1.165) is 11.1 Å². The average molecular weight is 349 g/mol. The monoisotopic (exact) mass is 349 g/mol. The summed E-state index contributed by atoms with van der Waals surface area (Å²) in [5, 5.41) is 3.96. The zero-order valence-electron chi connectivity index (χ0n) is 14.3. The number of hydrazone groups is 1. The van der Waals surface area contributed by atoms with Crippen molar-refractivity contribution in [2.24, 2.45) is 5.10 Å². The molecule has 0 fully saturated rings. The summed E-state index contributed by atoms with van der Waals surface area (Å²) in [7, 11) is 1.58. The van der Waals surface area contributed by atoms with Gasteiger partial charge >= 0.3 is 0 Å². The van der Waals surface area contributed by atoms with E-state index in [2.05, 4.69) is 15.5 Å². The number of nitrogens with one attached hydrogen (secondary N) is 2. The summed E-state index contributed by atoms with van der Waals surface area (Å²) in [6.45, 7) is 0.455. The number of aromatic amines is 1. The maximum Gasteiger partial charge on any atom is 0.287 e. The molecule has 0 radical (unpaired) electrons. The number of methoxy groups -OCH3 is 1. The van der Waals surface area contributed by atoms with Crippen molar-refractivity contribution < 1.29 is 14.3 Å². The van der Waals surface area contributed by atoms with Gasteiger partial charge in [0.1, 0.15) is 12.3 Å². The Morgan fingerprint density at radius 2 is 1.96 bits per heavy atom. The highest BCUT2D eigenvalue weighted by Gasteiger charge is 2.06. The van der Waals surface area contributed by atoms with Crippen LogP contribution in [-0.4, -0.2) is 24.2 Å². The third kappa shape index (κ3) is 4.51. The van der Waals surface area contributed by atoms with Crippen LogP contribution < -0.4 is 14.9 Å². The number of carbonyl (C=O) groups is 1. The SMILES string of the molecule is COc1cc(/C=N\NC(=O)c2ccc[nH]2)ccc1OCc1ccccc1. The first-order valence-corrected chi connectivity index (χ1v) is 8.08. The van der Waals surface area contributed by atoms with Gasteiger partial charge in [0, 0.05) is 6.20 Å². The van der Waals surface area contributed by atoms with E-state index in [1.54, 1.807) is 37.7 Å². The van der Waals surface area contributed by atoms with Crippen LogP contribution in [0.15, 0.2) is 72.0 Å². The molecule has 6 heteroatoms. The molecule has 1 aromatic heterocycles. The van der Waals surface area contributed by atoms with Crippen LogP contribution in [0.1, 0.15) is 21.6 Å². The lowest BCUT2D eigenvalue weighted by Crippen LogP contribution is -2.17. The van der Waals surface area contributed by atoms with Crippen molar-refractivity contribution in [2.45, 2.75) is 6.61 Å². The fourth-order valence-electron chi connectivity index (χ4n) is 2.32. The second kappa shape index (κ2) is 8.53. The fourth-order valence-corrected chi connectivity index (χ4v) is 2.32. The molecule has 2 aromatic carbocycles. The van der Waals surface area contributed by atoms with Gasteiger partial charge in [0.05, 0.1) is 13.3 Å². The first-order chi connectivity index (χ1) is 12.8. The zero-order chi connectivity index (χ0) is 18.2. The van der Waals surface area contributed by atoms with Gasteiger partial charge in [0.15, 0.2) is 11.5 Å². The smallest absolute Gasteiger partial charge is 0.287 e. The molecule has 1 heterocycles. The van der Waals surface area contributed by atoms with Gasteiger partial charge in [0.2, 0.25) is 0 Å². The zero-order valence-corrected chi connectivity index (χ0v) is 14.3. The molecule has 0 aliphatic heterocycles. The van der Waals surface area contributed by atoms with E-state index in [1.807, 2.05) is 42.5 Å². The van der Waals surface area contributed by atoms with Crippen molar-refractivity contribution in [2.75, 3.05) is 7.11 Å². The Morgan fingerprint density at radius 1 is 1.12 bits per heavy atom. The van der Waals surface area contributed by atoms with E-state index in [1.165, 1.54) is 0 Å². The van der Waals surface area contributed by atoms with Crippen molar-refractivity contribution in [3.63, 3.8) is 0 Å². The number of H-pyrrole nitrogens is 1. The number of hydrogen-bond acceptors (Lipinski definition) is 4. The summed E-state index contributed by atoms with van der Waals surface area (Å²) >= 11 is 0. The number of ether oxygens (including phenoxy) is 2. The van der Waals surface area contributed by atoms with E-state index >= 15 is 0 Å². The molecular formula is C20H19N3O3. The Bertz CT molecular complexity index is 875. The van der Waals surface area contributed by atoms with Gasteiger partial charge in [0.25, 0.3) is 5.91 Å². The first-order valence-electron chi connectivity index (χ1n) is 8.08. The molecule has 2 N–H and O–H groups in total. The lowest BCUT2D eigenvalue weighted by Gasteiger charge is -2.11. The van der Waals surface area contributed by atoms with Gasteiger partial charge in [-0.2, -0.15) is 5.10 Å². The maximum absolute atomic E-state index is 11.8. The molecule has 0 atom stereocenters. The summed E-state index contributed by atoms with van der Waals surface area (Å²) in [4.78, 5) is 14.6. The average Bonchev–Trinajstić information content (AvgIpc) is 3.22. The quantitative estimate of drug-likeness (QED) is 0.507. The van der Waals surface area contributed by atoms with Crippen LogP contribution in [0, 0.1) is 0 Å². The molecule has 6 nitrogen and oxygen atoms in total. The number of benzene rings is 2. The van der Waals surface area contributed by atoms with Crippen molar-refractivity contribution in [1.29, 1.82) is 0 Å². The molecule has 0 saturated carbocycles. The van der Waals surface area contributed by atoms with Crippen LogP contribution in [0.4, 0.5) is 0 Å². The van der Waals surface area contributed by atoms with Gasteiger partial charge < -0.3 is 14.5 Å². The third-order valence-electron chi connectivity index (χ3n) is 3.65. The Kier molecular flexibility index (Phi) is 5.67. The molecule has 0 unspecified atom stereocenters. The van der Waals surface area contributed by atoms with E-state index in [-0.39, 0.29) is 5.91 Å². The molecule has 1 amide bonds. The van der Waals surface area contributed by atoms with Gasteiger partial charge in [-0.1, -0.05) is 30.3 Å². The highest BCUT2D eigenvalue weighted by molar-refractivity contribution is 5.93. The Balaban J connectivity index is 1.62. The number of carbonyl (C=O) groups excluding carboxylic acids is 1. The third-order valence-corrected chi connectivity index (χ3v) is 3.65. The molecule has 3 rings (SSSR count). The predicted octanol–water partition coefficient (Wildman–Crippen LogP) is 3.37. The molecule has 3 aromatic rings. The second-order valence-corrected chi connectivity index (χ2v) is 5.47. The van der Waals surface area contributed by atoms with Crippen molar-refractivity contribution in [3.05, 3.63) is 83.7 Å². The Hall–Kier alpha value is -3.54. The standard InChI is InChI=1S/C20H19N3O3/c1-25-19-12-16(13-22-23-20(24)17-8-5-11-21-17)9-10-18(19)26-14-15-6-3-2-4-7-15/h2-13,21H,14H2,1H3,(H,23,24)/b22-13-. The predicted molar refractivity (Wildman–Crippen MR) is 99.6 cm³/mol. The molecule has 0 bridgehead atoms. The largest absolute Gasteiger partial charge is 0.493 e. The molecule has 132 valence electrons. The molecule has 26 heavy (non-hydrogen) atoms. The molecule has 0 aliphatic rings. The van der Waals surface area contributed by atoms with Gasteiger partial charge in [-0.3, -0.25) is 4.79 Å². The van der Waals surface area contributed by atoms with Crippen LogP contribution in [0.2, 0.25) is 0 Å². The van der Waals surface area contributed by atoms with Crippen LogP contribution in [0.3, 0.4) is 0 Å². The number of amides is 1. The van der Waals surface area contributed by atoms with Crippen molar-refractivity contribution in [1.82, 2.24) is 10.4 Å². The van der Waals surface area contributed by atoms with E-state index in [4.69, 9.17) is 9.47 Å². The van der Waals surface area contributed by atoms with Crippen LogP contribution in [-0.2, 0) is 6.61 Å². The van der Waals surface area contributed by atoms with Crippen LogP contribution in [0.5, 0.6) is 11.5 Å². The molecular weight excluding hydrogens is 330 g/mol. The van der Waals surface area contributed by atoms with Gasteiger partial charge in [-0.05, 0) is 41.5 Å². The molecule has 0 spiro atoms. The normalized spacial score (nSPS) is 10.7. The minimum absolute atomic E-state index is 0.305. The maximum atomic E-state index is 11.8. The van der Waals surface area contributed by atoms with E-state index in [9.17, 15) is 4.79 Å². The summed E-state index contributed by atoms with van der Waals surface area (Å²) in [5.41, 5.74) is 4.76. The summed E-state index contributed by atoms with van der Waals surface area (Å²) in [6.07, 6.45) is 3.22. The van der Waals surface area contributed by atoms with Gasteiger partial charge in [-0.15, -0.1) is 0 Å². The lowest BCUT2D eigenvalue weighted by molar-refractivity contribution is 0.0951. The number of hydrogen-bond donors (Lipinski definition) is 2. The van der Waals surface area contributed by atoms with Crippen molar-refractivity contribution >= 4 is 12.1 Å². The summed E-state index contributed by atoms with van der Waals surface area (Å²) < 4.78 is 11.2. The van der Waals surface area contributed by atoms with Gasteiger partial charge in [-0.25, -0.2) is 5.43 Å². The van der Waals surface area contributed by atoms with E-state index in [0.29, 0.717) is 23.8 Å². The number of aromatic nitrogens is 1. The fraction of sp³-hybridized carbons (Fsp3) is 0.100. The minimum Gasteiger partial charge on any atom is -0.493 e. The first kappa shape index (κ1) is 17.3. The van der Waals surface area contributed by atoms with E-state index < -0.39 is 0 Å². The minimum atomic E-state index is -0.305. The van der Waals surface area contributed by atoms with Crippen molar-refractivity contribution in [3.8, 4) is 11.5 Å². The number of nitrogens with zero attached hydrogens (tertiary/aromatic N) is 1. The topological polar surface area (TPSA) is 75.7 Å². The second-order valence-electron chi connectivity index (χ2n) is 5.47. The lowest BCUT2D eigenvalue weighted by atomic mass is 10.2. The number of rotatable bonds is 7. The summed E-state index contributed by atoms with van der Waals surface area (Å²) in [5.74, 6) is 0.936. The van der Waals surface area contributed by atoms with Crippen LogP contribution in [0.25, 0.3) is 0 Å². The Morgan fingerprint density at radius 3 is 2.69 bits per heavy atom. The Labute approximate surface area is 151 Å². The highest BCUT2D eigenvalue weighted by Crippen LogP contribution is 2.28.